The summed E-state index contributed by atoms with van der Waals surface area (Å²) in [4.78, 5) is 12.0. The van der Waals surface area contributed by atoms with Gasteiger partial charge in [0.15, 0.2) is 0 Å². The highest BCUT2D eigenvalue weighted by Gasteiger charge is 2.50. The van der Waals surface area contributed by atoms with Crippen molar-refractivity contribution in [2.45, 2.75) is 37.5 Å². The van der Waals surface area contributed by atoms with Gasteiger partial charge in [-0.1, -0.05) is 6.07 Å². The van der Waals surface area contributed by atoms with Gasteiger partial charge < -0.3 is 15.8 Å². The first-order valence-electron chi connectivity index (χ1n) is 7.17. The van der Waals surface area contributed by atoms with E-state index in [1.807, 2.05) is 0 Å². The van der Waals surface area contributed by atoms with Crippen LogP contribution in [0.4, 0.5) is 8.78 Å². The van der Waals surface area contributed by atoms with Gasteiger partial charge in [0, 0.05) is 24.6 Å². The van der Waals surface area contributed by atoms with E-state index < -0.39 is 11.6 Å². The van der Waals surface area contributed by atoms with Gasteiger partial charge in [-0.25, -0.2) is 8.78 Å². The molecule has 1 heterocycles. The van der Waals surface area contributed by atoms with Gasteiger partial charge in [0.1, 0.15) is 11.6 Å². The lowest BCUT2D eigenvalue weighted by Crippen LogP contribution is -2.72. The molecular weight excluding hydrogens is 278 g/mol. The van der Waals surface area contributed by atoms with Crippen molar-refractivity contribution in [2.75, 3.05) is 6.61 Å². The Balaban J connectivity index is 1.59. The van der Waals surface area contributed by atoms with E-state index in [4.69, 9.17) is 10.5 Å². The number of hydrogen-bond donors (Lipinski definition) is 2. The fraction of sp³-hybridized carbons (Fsp3) is 0.533. The largest absolute Gasteiger partial charge is 0.376 e. The van der Waals surface area contributed by atoms with Crippen molar-refractivity contribution in [3.63, 3.8) is 0 Å². The van der Waals surface area contributed by atoms with Gasteiger partial charge in [-0.15, -0.1) is 0 Å². The normalized spacial score (nSPS) is 31.2. The SMILES string of the molecule is NC1C2CCCOC2C1NC(=O)Cc1ccc(F)cc1F. The second kappa shape index (κ2) is 5.69. The predicted octanol–water partition coefficient (Wildman–Crippen LogP) is 1.13. The van der Waals surface area contributed by atoms with Crippen molar-refractivity contribution in [3.05, 3.63) is 35.4 Å². The van der Waals surface area contributed by atoms with Gasteiger partial charge >= 0.3 is 0 Å². The van der Waals surface area contributed by atoms with Crippen molar-refractivity contribution in [2.24, 2.45) is 11.7 Å². The van der Waals surface area contributed by atoms with Gasteiger partial charge in [0.2, 0.25) is 5.91 Å². The van der Waals surface area contributed by atoms with E-state index >= 15 is 0 Å². The zero-order chi connectivity index (χ0) is 15.0. The minimum Gasteiger partial charge on any atom is -0.376 e. The van der Waals surface area contributed by atoms with Crippen LogP contribution in [-0.4, -0.2) is 30.7 Å². The van der Waals surface area contributed by atoms with Crippen LogP contribution >= 0.6 is 0 Å². The van der Waals surface area contributed by atoms with Crippen LogP contribution in [0.2, 0.25) is 0 Å². The van der Waals surface area contributed by atoms with E-state index in [2.05, 4.69) is 5.32 Å². The number of amides is 1. The molecule has 21 heavy (non-hydrogen) atoms. The Morgan fingerprint density at radius 3 is 3.00 bits per heavy atom. The molecule has 1 amide bonds. The minimum atomic E-state index is -0.713. The Morgan fingerprint density at radius 2 is 2.24 bits per heavy atom. The molecule has 1 saturated carbocycles. The van der Waals surface area contributed by atoms with Crippen LogP contribution in [0.15, 0.2) is 18.2 Å². The molecule has 1 aromatic carbocycles. The highest BCUT2D eigenvalue weighted by Crippen LogP contribution is 2.36. The number of nitrogens with two attached hydrogens (primary N) is 1. The number of carbonyl (C=O) groups excluding carboxylic acids is 1. The summed E-state index contributed by atoms with van der Waals surface area (Å²) in [5.41, 5.74) is 6.22. The monoisotopic (exact) mass is 296 g/mol. The van der Waals surface area contributed by atoms with Crippen LogP contribution in [0, 0.1) is 17.6 Å². The first-order valence-corrected chi connectivity index (χ1v) is 7.17. The van der Waals surface area contributed by atoms with Gasteiger partial charge in [0.25, 0.3) is 0 Å². The standard InChI is InChI=1S/C15H18F2N2O2/c16-9-4-3-8(11(17)7-9)6-12(20)19-14-13(18)10-2-1-5-21-15(10)14/h3-4,7,10,13-15H,1-2,5-6,18H2,(H,19,20). The molecule has 2 aliphatic rings. The van der Waals surface area contributed by atoms with Crippen molar-refractivity contribution < 1.29 is 18.3 Å². The topological polar surface area (TPSA) is 64.3 Å². The smallest absolute Gasteiger partial charge is 0.224 e. The molecule has 3 N–H and O–H groups in total. The molecule has 4 unspecified atom stereocenters. The maximum absolute atomic E-state index is 13.5. The van der Waals surface area contributed by atoms with Crippen LogP contribution < -0.4 is 11.1 Å². The Kier molecular flexibility index (Phi) is 3.91. The third-order valence-electron chi connectivity index (χ3n) is 4.37. The van der Waals surface area contributed by atoms with Gasteiger partial charge in [-0.05, 0) is 24.5 Å². The minimum absolute atomic E-state index is 0.0317. The molecule has 6 heteroatoms. The molecule has 3 rings (SSSR count). The Morgan fingerprint density at radius 1 is 1.43 bits per heavy atom. The maximum Gasteiger partial charge on any atom is 0.224 e. The number of rotatable bonds is 3. The number of hydrogen-bond acceptors (Lipinski definition) is 3. The number of halogens is 2. The van der Waals surface area contributed by atoms with Gasteiger partial charge in [-0.3, -0.25) is 4.79 Å². The molecular formula is C15H18F2N2O2. The lowest BCUT2D eigenvalue weighted by molar-refractivity contribution is -0.138. The highest BCUT2D eigenvalue weighted by atomic mass is 19.1. The van der Waals surface area contributed by atoms with Crippen LogP contribution in [0.3, 0.4) is 0 Å². The third kappa shape index (κ3) is 2.78. The molecule has 2 fully saturated rings. The quantitative estimate of drug-likeness (QED) is 0.879. The maximum atomic E-state index is 13.5. The summed E-state index contributed by atoms with van der Waals surface area (Å²) in [7, 11) is 0. The third-order valence-corrected chi connectivity index (χ3v) is 4.37. The Labute approximate surface area is 121 Å². The number of benzene rings is 1. The number of nitrogens with one attached hydrogen (secondary N) is 1. The summed E-state index contributed by atoms with van der Waals surface area (Å²) < 4.78 is 32.0. The lowest BCUT2D eigenvalue weighted by atomic mass is 9.68. The summed E-state index contributed by atoms with van der Waals surface area (Å²) in [5.74, 6) is -1.40. The van der Waals surface area contributed by atoms with Crippen LogP contribution in [0.5, 0.6) is 0 Å². The molecule has 1 aromatic rings. The average Bonchev–Trinajstić information content (AvgIpc) is 2.47. The average molecular weight is 296 g/mol. The molecule has 1 aliphatic heterocycles. The van der Waals surface area contributed by atoms with E-state index in [1.165, 1.54) is 6.07 Å². The summed E-state index contributed by atoms with van der Waals surface area (Å²) in [6.07, 6.45) is 1.85. The van der Waals surface area contributed by atoms with E-state index in [-0.39, 0.29) is 36.1 Å². The molecule has 0 aromatic heterocycles. The highest BCUT2D eigenvalue weighted by molar-refractivity contribution is 5.79. The molecule has 4 atom stereocenters. The van der Waals surface area contributed by atoms with Crippen LogP contribution in [0.25, 0.3) is 0 Å². The van der Waals surface area contributed by atoms with Crippen LogP contribution in [-0.2, 0) is 16.0 Å². The number of carbonyl (C=O) groups is 1. The van der Waals surface area contributed by atoms with E-state index in [0.29, 0.717) is 12.5 Å². The van der Waals surface area contributed by atoms with Crippen LogP contribution in [0.1, 0.15) is 18.4 Å². The summed E-state index contributed by atoms with van der Waals surface area (Å²) in [5, 5.41) is 2.81. The second-order valence-corrected chi connectivity index (χ2v) is 5.72. The Hall–Kier alpha value is -1.53. The molecule has 0 radical (unpaired) electrons. The predicted molar refractivity (Wildman–Crippen MR) is 72.4 cm³/mol. The molecule has 114 valence electrons. The lowest BCUT2D eigenvalue weighted by Gasteiger charge is -2.52. The zero-order valence-corrected chi connectivity index (χ0v) is 11.5. The first-order chi connectivity index (χ1) is 10.1. The summed E-state index contributed by atoms with van der Waals surface area (Å²) in [6, 6.07) is 2.87. The fourth-order valence-electron chi connectivity index (χ4n) is 3.20. The van der Waals surface area contributed by atoms with E-state index in [9.17, 15) is 13.6 Å². The van der Waals surface area contributed by atoms with Gasteiger partial charge in [-0.2, -0.15) is 0 Å². The summed E-state index contributed by atoms with van der Waals surface area (Å²) >= 11 is 0. The molecule has 4 nitrogen and oxygen atoms in total. The van der Waals surface area contributed by atoms with Crippen molar-refractivity contribution >= 4 is 5.91 Å². The molecule has 0 spiro atoms. The fourth-order valence-corrected chi connectivity index (χ4v) is 3.20. The number of fused-ring (bicyclic) bond motifs is 1. The zero-order valence-electron chi connectivity index (χ0n) is 11.5. The van der Waals surface area contributed by atoms with Crippen molar-refractivity contribution in [3.8, 4) is 0 Å². The molecule has 1 aliphatic carbocycles. The van der Waals surface area contributed by atoms with Gasteiger partial charge in [0.05, 0.1) is 18.6 Å². The van der Waals surface area contributed by atoms with E-state index in [1.54, 1.807) is 0 Å². The van der Waals surface area contributed by atoms with Crippen molar-refractivity contribution in [1.82, 2.24) is 5.32 Å². The van der Waals surface area contributed by atoms with E-state index in [0.717, 1.165) is 25.0 Å². The molecule has 1 saturated heterocycles. The van der Waals surface area contributed by atoms with Crippen molar-refractivity contribution in [1.29, 1.82) is 0 Å². The molecule has 0 bridgehead atoms. The second-order valence-electron chi connectivity index (χ2n) is 5.72. The Bertz CT molecular complexity index is 552. The summed E-state index contributed by atoms with van der Waals surface area (Å²) in [6.45, 7) is 0.687. The first kappa shape index (κ1) is 14.4. The number of ether oxygens (including phenoxy) is 1.